The van der Waals surface area contributed by atoms with E-state index in [2.05, 4.69) is 39.9 Å². The molecule has 3 fully saturated rings. The average Bonchev–Trinajstić information content (AvgIpc) is 3.23. The molecule has 0 saturated carbocycles. The first-order valence-electron chi connectivity index (χ1n) is 11.0. The van der Waals surface area contributed by atoms with E-state index in [-0.39, 0.29) is 18.7 Å². The fourth-order valence-corrected chi connectivity index (χ4v) is 5.34. The molecule has 1 aromatic rings. The van der Waals surface area contributed by atoms with Gasteiger partial charge in [-0.1, -0.05) is 24.3 Å². The highest BCUT2D eigenvalue weighted by Crippen LogP contribution is 2.31. The Morgan fingerprint density at radius 3 is 2.63 bits per heavy atom. The minimum Gasteiger partial charge on any atom is -0.480 e. The monoisotopic (exact) mass is 432 g/mol. The van der Waals surface area contributed by atoms with Gasteiger partial charge in [0.15, 0.2) is 0 Å². The summed E-state index contributed by atoms with van der Waals surface area (Å²) in [6, 6.07) is 8.82. The van der Waals surface area contributed by atoms with E-state index in [9.17, 15) is 4.79 Å². The molecule has 30 heavy (non-hydrogen) atoms. The highest BCUT2D eigenvalue weighted by Gasteiger charge is 2.30. The van der Waals surface area contributed by atoms with Crippen LogP contribution >= 0.6 is 11.8 Å². The summed E-state index contributed by atoms with van der Waals surface area (Å²) < 4.78 is 0. The summed E-state index contributed by atoms with van der Waals surface area (Å²) in [5.41, 5.74) is 5.59. The number of hydrazone groups is 1. The van der Waals surface area contributed by atoms with Crippen LogP contribution in [0.25, 0.3) is 0 Å². The summed E-state index contributed by atoms with van der Waals surface area (Å²) in [7, 11) is 0. The molecule has 0 aliphatic carbocycles. The number of hydroxylamine groups is 1. The summed E-state index contributed by atoms with van der Waals surface area (Å²) in [4.78, 5) is 18.8. The van der Waals surface area contributed by atoms with Crippen molar-refractivity contribution in [3.8, 4) is 0 Å². The van der Waals surface area contributed by atoms with Gasteiger partial charge in [-0.2, -0.15) is 22.3 Å². The minimum absolute atomic E-state index is 0.161. The molecule has 7 nitrogen and oxygen atoms in total. The second-order valence-electron chi connectivity index (χ2n) is 8.47. The first kappa shape index (κ1) is 21.6. The molecule has 1 aromatic carbocycles. The number of thioether (sulfide) groups is 1. The van der Waals surface area contributed by atoms with Gasteiger partial charge in [0.1, 0.15) is 0 Å². The molecule has 3 saturated heterocycles. The predicted octanol–water partition coefficient (Wildman–Crippen LogP) is 2.59. The Morgan fingerprint density at radius 2 is 1.93 bits per heavy atom. The van der Waals surface area contributed by atoms with Crippen molar-refractivity contribution in [3.63, 3.8) is 0 Å². The number of carboxylic acids is 1. The van der Waals surface area contributed by atoms with Crippen molar-refractivity contribution in [2.24, 2.45) is 11.0 Å². The van der Waals surface area contributed by atoms with E-state index in [1.165, 1.54) is 5.56 Å². The molecule has 3 aliphatic rings. The van der Waals surface area contributed by atoms with Crippen molar-refractivity contribution in [2.75, 3.05) is 44.2 Å². The predicted molar refractivity (Wildman–Crippen MR) is 120 cm³/mol. The van der Waals surface area contributed by atoms with E-state index in [1.54, 1.807) is 0 Å². The van der Waals surface area contributed by atoms with Crippen LogP contribution in [-0.2, 0) is 9.63 Å². The van der Waals surface area contributed by atoms with Crippen LogP contribution in [0.3, 0.4) is 0 Å². The van der Waals surface area contributed by atoms with Gasteiger partial charge < -0.3 is 5.11 Å². The zero-order valence-electron chi connectivity index (χ0n) is 17.4. The van der Waals surface area contributed by atoms with E-state index >= 15 is 0 Å². The van der Waals surface area contributed by atoms with E-state index < -0.39 is 5.97 Å². The molecular formula is C22H32N4O3S. The first-order chi connectivity index (χ1) is 14.7. The lowest BCUT2D eigenvalue weighted by Gasteiger charge is -2.31. The molecular weight excluding hydrogens is 400 g/mol. The van der Waals surface area contributed by atoms with Crippen LogP contribution in [0.4, 0.5) is 0 Å². The number of benzene rings is 1. The SMILES string of the molecule is O=C(O)CN1CCC(CC2CC(c3ccc(C=NN4CCSCC4)cc3)NO2)CC1. The van der Waals surface area contributed by atoms with Crippen molar-refractivity contribution < 1.29 is 14.7 Å². The van der Waals surface area contributed by atoms with Crippen LogP contribution < -0.4 is 5.48 Å². The van der Waals surface area contributed by atoms with Gasteiger partial charge in [-0.05, 0) is 55.8 Å². The number of rotatable bonds is 7. The molecule has 2 N–H and O–H groups in total. The second-order valence-corrected chi connectivity index (χ2v) is 9.70. The molecule has 3 aliphatic heterocycles. The van der Waals surface area contributed by atoms with Gasteiger partial charge in [0, 0.05) is 24.6 Å². The standard InChI is InChI=1S/C22H32N4O3S/c27-22(28)16-25-7-5-17(6-8-25)13-20-14-21(24-29-20)19-3-1-18(2-4-19)15-23-26-9-11-30-12-10-26/h1-4,15,17,20-21,24H,5-14,16H2,(H,27,28). The lowest BCUT2D eigenvalue weighted by molar-refractivity contribution is -0.138. The van der Waals surface area contributed by atoms with Crippen LogP contribution in [0.2, 0.25) is 0 Å². The van der Waals surface area contributed by atoms with Crippen LogP contribution in [0.5, 0.6) is 0 Å². The fraction of sp³-hybridized carbons (Fsp3) is 0.636. The molecule has 2 unspecified atom stereocenters. The quantitative estimate of drug-likeness (QED) is 0.641. The van der Waals surface area contributed by atoms with Crippen molar-refractivity contribution in [3.05, 3.63) is 35.4 Å². The average molecular weight is 433 g/mol. The molecule has 2 atom stereocenters. The van der Waals surface area contributed by atoms with Gasteiger partial charge in [-0.25, -0.2) is 0 Å². The molecule has 4 rings (SSSR count). The summed E-state index contributed by atoms with van der Waals surface area (Å²) in [5.74, 6) is 2.20. The molecule has 3 heterocycles. The third kappa shape index (κ3) is 6.20. The fourth-order valence-electron chi connectivity index (χ4n) is 4.46. The molecule has 8 heteroatoms. The van der Waals surface area contributed by atoms with Gasteiger partial charge in [0.2, 0.25) is 0 Å². The topological polar surface area (TPSA) is 77.4 Å². The van der Waals surface area contributed by atoms with Crippen molar-refractivity contribution in [2.45, 2.75) is 37.8 Å². The number of nitrogens with one attached hydrogen (secondary N) is 1. The normalized spacial score (nSPS) is 26.5. The summed E-state index contributed by atoms with van der Waals surface area (Å²) in [6.45, 7) is 3.97. The summed E-state index contributed by atoms with van der Waals surface area (Å²) in [5, 5.41) is 15.7. The lowest BCUT2D eigenvalue weighted by atomic mass is 9.89. The second kappa shape index (κ2) is 10.6. The Kier molecular flexibility index (Phi) is 7.65. The van der Waals surface area contributed by atoms with Gasteiger partial charge in [-0.15, -0.1) is 0 Å². The van der Waals surface area contributed by atoms with E-state index in [0.29, 0.717) is 5.92 Å². The van der Waals surface area contributed by atoms with E-state index in [1.807, 2.05) is 22.9 Å². The molecule has 0 amide bonds. The number of aliphatic carboxylic acids is 1. The molecule has 0 radical (unpaired) electrons. The van der Waals surface area contributed by atoms with Gasteiger partial charge in [-0.3, -0.25) is 19.5 Å². The van der Waals surface area contributed by atoms with E-state index in [4.69, 9.17) is 9.94 Å². The maximum atomic E-state index is 10.8. The number of nitrogens with zero attached hydrogens (tertiary/aromatic N) is 3. The van der Waals surface area contributed by atoms with Crippen LogP contribution in [-0.4, -0.2) is 77.5 Å². The van der Waals surface area contributed by atoms with Crippen molar-refractivity contribution in [1.29, 1.82) is 0 Å². The Labute approximate surface area is 182 Å². The highest BCUT2D eigenvalue weighted by atomic mass is 32.2. The summed E-state index contributed by atoms with van der Waals surface area (Å²) in [6.07, 6.45) is 6.32. The maximum absolute atomic E-state index is 10.8. The number of carbonyl (C=O) groups is 1. The highest BCUT2D eigenvalue weighted by molar-refractivity contribution is 7.99. The van der Waals surface area contributed by atoms with Crippen LogP contribution in [0.1, 0.15) is 42.9 Å². The third-order valence-electron chi connectivity index (χ3n) is 6.23. The number of carboxylic acid groups (broad SMARTS) is 1. The van der Waals surface area contributed by atoms with Gasteiger partial charge in [0.05, 0.1) is 24.9 Å². The lowest BCUT2D eigenvalue weighted by Crippen LogP contribution is -2.38. The van der Waals surface area contributed by atoms with Crippen molar-refractivity contribution >= 4 is 23.9 Å². The molecule has 0 bridgehead atoms. The molecule has 0 spiro atoms. The van der Waals surface area contributed by atoms with E-state index in [0.717, 1.165) is 68.9 Å². The molecule has 164 valence electrons. The number of likely N-dealkylation sites (tertiary alicyclic amines) is 1. The van der Waals surface area contributed by atoms with Crippen molar-refractivity contribution in [1.82, 2.24) is 15.4 Å². The minimum atomic E-state index is -0.734. The zero-order valence-corrected chi connectivity index (χ0v) is 18.2. The van der Waals surface area contributed by atoms with Gasteiger partial charge >= 0.3 is 5.97 Å². The Morgan fingerprint density at radius 1 is 1.20 bits per heavy atom. The third-order valence-corrected chi connectivity index (χ3v) is 7.18. The van der Waals surface area contributed by atoms with Crippen LogP contribution in [0, 0.1) is 5.92 Å². The largest absolute Gasteiger partial charge is 0.480 e. The molecule has 0 aromatic heterocycles. The smallest absolute Gasteiger partial charge is 0.317 e. The Balaban J connectivity index is 1.21. The first-order valence-corrected chi connectivity index (χ1v) is 12.1. The van der Waals surface area contributed by atoms with Gasteiger partial charge in [0.25, 0.3) is 0 Å². The Bertz CT molecular complexity index is 716. The summed E-state index contributed by atoms with van der Waals surface area (Å²) >= 11 is 1.99. The zero-order chi connectivity index (χ0) is 20.8. The Hall–Kier alpha value is -1.61. The number of hydrogen-bond donors (Lipinski definition) is 2. The maximum Gasteiger partial charge on any atom is 0.317 e. The van der Waals surface area contributed by atoms with Crippen LogP contribution in [0.15, 0.2) is 29.4 Å². The number of hydrogen-bond acceptors (Lipinski definition) is 7. The number of piperidine rings is 1.